The molecule has 2 aromatic rings. The van der Waals surface area contributed by atoms with Gasteiger partial charge in [-0.05, 0) is 44.4 Å². The molecule has 2 heterocycles. The van der Waals surface area contributed by atoms with Crippen molar-refractivity contribution in [2.75, 3.05) is 13.1 Å². The molecule has 0 aliphatic carbocycles. The number of benzene rings is 1. The van der Waals surface area contributed by atoms with E-state index < -0.39 is 10.0 Å². The van der Waals surface area contributed by atoms with Gasteiger partial charge in [-0.2, -0.15) is 9.29 Å². The molecule has 1 atom stereocenters. The standard InChI is InChI=1S/C21H30N4O4S/c1-15(2)20-23-19(29-24-20)11-7-12-22-21(26)17-9-6-10-18(14-17)30(27,28)25-13-5-4-8-16(25)3/h6,9-10,14-16H,4-5,7-8,11-13H2,1-3H3,(H,22,26). The lowest BCUT2D eigenvalue weighted by Gasteiger charge is -2.32. The molecule has 8 nitrogen and oxygen atoms in total. The van der Waals surface area contributed by atoms with E-state index in [0.29, 0.717) is 43.2 Å². The Balaban J connectivity index is 1.57. The van der Waals surface area contributed by atoms with Crippen LogP contribution in [0, 0.1) is 0 Å². The van der Waals surface area contributed by atoms with Gasteiger partial charge in [-0.1, -0.05) is 31.5 Å². The minimum absolute atomic E-state index is 0.0258. The first kappa shape index (κ1) is 22.4. The number of carbonyl (C=O) groups is 1. The molecule has 30 heavy (non-hydrogen) atoms. The Hall–Kier alpha value is -2.26. The number of sulfonamides is 1. The summed E-state index contributed by atoms with van der Waals surface area (Å²) in [5.41, 5.74) is 0.334. The van der Waals surface area contributed by atoms with Crippen molar-refractivity contribution >= 4 is 15.9 Å². The molecule has 1 aliphatic heterocycles. The Morgan fingerprint density at radius 3 is 2.83 bits per heavy atom. The van der Waals surface area contributed by atoms with Crippen molar-refractivity contribution in [3.8, 4) is 0 Å². The van der Waals surface area contributed by atoms with E-state index in [0.717, 1.165) is 19.3 Å². The zero-order valence-electron chi connectivity index (χ0n) is 17.8. The van der Waals surface area contributed by atoms with Crippen LogP contribution in [-0.4, -0.2) is 47.9 Å². The fraction of sp³-hybridized carbons (Fsp3) is 0.571. The molecule has 3 rings (SSSR count). The van der Waals surface area contributed by atoms with Crippen LogP contribution < -0.4 is 5.32 Å². The summed E-state index contributed by atoms with van der Waals surface area (Å²) in [7, 11) is -3.61. The molecule has 0 saturated carbocycles. The van der Waals surface area contributed by atoms with Crippen LogP contribution >= 0.6 is 0 Å². The Kier molecular flexibility index (Phi) is 7.25. The van der Waals surface area contributed by atoms with Crippen LogP contribution in [0.1, 0.15) is 74.4 Å². The van der Waals surface area contributed by atoms with Crippen molar-refractivity contribution < 1.29 is 17.7 Å². The van der Waals surface area contributed by atoms with Gasteiger partial charge in [0, 0.05) is 37.0 Å². The summed E-state index contributed by atoms with van der Waals surface area (Å²) >= 11 is 0. The second kappa shape index (κ2) is 9.70. The van der Waals surface area contributed by atoms with Gasteiger partial charge in [0.25, 0.3) is 5.91 Å². The van der Waals surface area contributed by atoms with Gasteiger partial charge in [0.05, 0.1) is 4.90 Å². The number of piperidine rings is 1. The third-order valence-electron chi connectivity index (χ3n) is 5.30. The van der Waals surface area contributed by atoms with Crippen molar-refractivity contribution in [1.82, 2.24) is 19.8 Å². The van der Waals surface area contributed by atoms with E-state index >= 15 is 0 Å². The molecule has 1 fully saturated rings. The highest BCUT2D eigenvalue weighted by Crippen LogP contribution is 2.25. The van der Waals surface area contributed by atoms with Gasteiger partial charge >= 0.3 is 0 Å². The van der Waals surface area contributed by atoms with Gasteiger partial charge in [-0.15, -0.1) is 0 Å². The van der Waals surface area contributed by atoms with Crippen LogP contribution in [0.3, 0.4) is 0 Å². The molecule has 0 radical (unpaired) electrons. The largest absolute Gasteiger partial charge is 0.352 e. The second-order valence-electron chi connectivity index (χ2n) is 8.05. The second-order valence-corrected chi connectivity index (χ2v) is 9.94. The summed E-state index contributed by atoms with van der Waals surface area (Å²) in [5.74, 6) is 1.14. The Bertz CT molecular complexity index is 971. The zero-order chi connectivity index (χ0) is 21.7. The normalized spacial score (nSPS) is 17.9. The van der Waals surface area contributed by atoms with E-state index in [9.17, 15) is 13.2 Å². The summed E-state index contributed by atoms with van der Waals surface area (Å²) in [4.78, 5) is 17.0. The van der Waals surface area contributed by atoms with Crippen molar-refractivity contribution in [2.45, 2.75) is 69.7 Å². The quantitative estimate of drug-likeness (QED) is 0.640. The highest BCUT2D eigenvalue weighted by Gasteiger charge is 2.31. The number of aromatic nitrogens is 2. The lowest BCUT2D eigenvalue weighted by molar-refractivity contribution is 0.0952. The predicted octanol–water partition coefficient (Wildman–Crippen LogP) is 3.12. The topological polar surface area (TPSA) is 105 Å². The molecule has 1 unspecified atom stereocenters. The van der Waals surface area contributed by atoms with Crippen molar-refractivity contribution in [3.63, 3.8) is 0 Å². The average Bonchev–Trinajstić information content (AvgIpc) is 3.21. The molecule has 9 heteroatoms. The number of hydrogen-bond donors (Lipinski definition) is 1. The molecule has 1 saturated heterocycles. The van der Waals surface area contributed by atoms with E-state index in [1.54, 1.807) is 22.5 Å². The third-order valence-corrected chi connectivity index (χ3v) is 7.31. The van der Waals surface area contributed by atoms with Gasteiger partial charge in [-0.25, -0.2) is 8.42 Å². The van der Waals surface area contributed by atoms with Gasteiger partial charge in [0.2, 0.25) is 15.9 Å². The molecule has 1 amide bonds. The number of rotatable bonds is 8. The van der Waals surface area contributed by atoms with Crippen molar-refractivity contribution in [3.05, 3.63) is 41.5 Å². The summed E-state index contributed by atoms with van der Waals surface area (Å²) in [6, 6.07) is 6.22. The minimum Gasteiger partial charge on any atom is -0.352 e. The van der Waals surface area contributed by atoms with E-state index in [1.165, 1.54) is 6.07 Å². The molecular formula is C21H30N4O4S. The summed E-state index contributed by atoms with van der Waals surface area (Å²) < 4.78 is 32.8. The number of aryl methyl sites for hydroxylation is 1. The highest BCUT2D eigenvalue weighted by molar-refractivity contribution is 7.89. The molecule has 1 N–H and O–H groups in total. The molecule has 0 spiro atoms. The fourth-order valence-electron chi connectivity index (χ4n) is 3.51. The Labute approximate surface area is 178 Å². The smallest absolute Gasteiger partial charge is 0.251 e. The summed E-state index contributed by atoms with van der Waals surface area (Å²) in [6.45, 7) is 6.87. The number of hydrogen-bond acceptors (Lipinski definition) is 6. The maximum absolute atomic E-state index is 13.0. The monoisotopic (exact) mass is 434 g/mol. The first-order valence-corrected chi connectivity index (χ1v) is 12.0. The van der Waals surface area contributed by atoms with E-state index in [-0.39, 0.29) is 22.8 Å². The average molecular weight is 435 g/mol. The van der Waals surface area contributed by atoms with Crippen LogP contribution in [0.4, 0.5) is 0 Å². The van der Waals surface area contributed by atoms with Gasteiger partial charge in [-0.3, -0.25) is 4.79 Å². The molecule has 0 bridgehead atoms. The maximum atomic E-state index is 13.0. The fourth-order valence-corrected chi connectivity index (χ4v) is 5.26. The SMILES string of the molecule is CC(C)c1noc(CCCNC(=O)c2cccc(S(=O)(=O)N3CCCCC3C)c2)n1. The first-order chi connectivity index (χ1) is 14.3. The van der Waals surface area contributed by atoms with Gasteiger partial charge < -0.3 is 9.84 Å². The van der Waals surface area contributed by atoms with Gasteiger partial charge in [0.1, 0.15) is 0 Å². The summed E-state index contributed by atoms with van der Waals surface area (Å²) in [5, 5.41) is 6.75. The minimum atomic E-state index is -3.61. The third kappa shape index (κ3) is 5.26. The molecule has 1 aliphatic rings. The van der Waals surface area contributed by atoms with Crippen LogP contribution in [0.25, 0.3) is 0 Å². The molecule has 1 aromatic carbocycles. The van der Waals surface area contributed by atoms with Crippen LogP contribution in [0.15, 0.2) is 33.7 Å². The van der Waals surface area contributed by atoms with Crippen molar-refractivity contribution in [2.24, 2.45) is 0 Å². The zero-order valence-corrected chi connectivity index (χ0v) is 18.6. The lowest BCUT2D eigenvalue weighted by Crippen LogP contribution is -2.42. The predicted molar refractivity (Wildman–Crippen MR) is 113 cm³/mol. The van der Waals surface area contributed by atoms with Crippen LogP contribution in [0.2, 0.25) is 0 Å². The number of nitrogens with one attached hydrogen (secondary N) is 1. The highest BCUT2D eigenvalue weighted by atomic mass is 32.2. The van der Waals surface area contributed by atoms with Crippen molar-refractivity contribution in [1.29, 1.82) is 0 Å². The number of carbonyl (C=O) groups excluding carboxylic acids is 1. The summed E-state index contributed by atoms with van der Waals surface area (Å²) in [6.07, 6.45) is 3.98. The van der Waals surface area contributed by atoms with Crippen LogP contribution in [-0.2, 0) is 16.4 Å². The maximum Gasteiger partial charge on any atom is 0.251 e. The first-order valence-electron chi connectivity index (χ1n) is 10.5. The Morgan fingerprint density at radius 1 is 1.33 bits per heavy atom. The van der Waals surface area contributed by atoms with Crippen LogP contribution in [0.5, 0.6) is 0 Å². The lowest BCUT2D eigenvalue weighted by atomic mass is 10.1. The van der Waals surface area contributed by atoms with E-state index in [4.69, 9.17) is 4.52 Å². The van der Waals surface area contributed by atoms with E-state index in [2.05, 4.69) is 15.5 Å². The Morgan fingerprint density at radius 2 is 2.13 bits per heavy atom. The van der Waals surface area contributed by atoms with Gasteiger partial charge in [0.15, 0.2) is 5.82 Å². The molecule has 1 aromatic heterocycles. The van der Waals surface area contributed by atoms with E-state index in [1.807, 2.05) is 20.8 Å². The molecular weight excluding hydrogens is 404 g/mol. The number of amides is 1. The number of nitrogens with zero attached hydrogens (tertiary/aromatic N) is 3. The molecule has 164 valence electrons.